The molecule has 1 atom stereocenters. The van der Waals surface area contributed by atoms with E-state index in [-0.39, 0.29) is 24.0 Å². The zero-order valence-corrected chi connectivity index (χ0v) is 16.1. The number of anilines is 1. The standard InChI is InChI=1S/C18H22N4O.HI/c1-2-18(15-8-4-3-7-14(15)10-12-23-18)13-21-17(19)22-16-9-5-6-11-20-16;/h3-9,11H,2,10,12-13H2,1H3,(H3,19,20,21,22);1H. The third-order valence-corrected chi connectivity index (χ3v) is 4.25. The van der Waals surface area contributed by atoms with E-state index in [1.54, 1.807) is 6.20 Å². The molecule has 24 heavy (non-hydrogen) atoms. The second kappa shape index (κ2) is 8.43. The minimum Gasteiger partial charge on any atom is -0.370 e. The van der Waals surface area contributed by atoms with Crippen molar-refractivity contribution in [2.75, 3.05) is 18.5 Å². The van der Waals surface area contributed by atoms with Gasteiger partial charge in [-0.3, -0.25) is 0 Å². The van der Waals surface area contributed by atoms with E-state index in [0.717, 1.165) is 12.8 Å². The number of nitrogens with two attached hydrogens (primary N) is 1. The lowest BCUT2D eigenvalue weighted by atomic mass is 9.84. The van der Waals surface area contributed by atoms with Gasteiger partial charge < -0.3 is 15.8 Å². The fraction of sp³-hybridized carbons (Fsp3) is 0.333. The van der Waals surface area contributed by atoms with Gasteiger partial charge in [-0.25, -0.2) is 9.98 Å². The summed E-state index contributed by atoms with van der Waals surface area (Å²) in [6, 6.07) is 14.0. The summed E-state index contributed by atoms with van der Waals surface area (Å²) in [6.45, 7) is 3.33. The highest BCUT2D eigenvalue weighted by molar-refractivity contribution is 14.0. The second-order valence-electron chi connectivity index (χ2n) is 5.64. The molecule has 0 saturated carbocycles. The van der Waals surface area contributed by atoms with Crippen molar-refractivity contribution in [3.05, 3.63) is 59.8 Å². The van der Waals surface area contributed by atoms with Gasteiger partial charge in [0.2, 0.25) is 0 Å². The van der Waals surface area contributed by atoms with Crippen molar-refractivity contribution >= 4 is 35.8 Å². The van der Waals surface area contributed by atoms with Gasteiger partial charge >= 0.3 is 0 Å². The fourth-order valence-corrected chi connectivity index (χ4v) is 2.97. The number of hydrogen-bond donors (Lipinski definition) is 2. The van der Waals surface area contributed by atoms with Gasteiger partial charge in [0.15, 0.2) is 5.96 Å². The number of pyridine rings is 1. The Morgan fingerprint density at radius 2 is 2.08 bits per heavy atom. The first kappa shape index (κ1) is 18.7. The lowest BCUT2D eigenvalue weighted by molar-refractivity contribution is -0.0558. The van der Waals surface area contributed by atoms with Crippen molar-refractivity contribution in [2.24, 2.45) is 10.7 Å². The van der Waals surface area contributed by atoms with Crippen molar-refractivity contribution in [1.29, 1.82) is 0 Å². The average Bonchev–Trinajstić information content (AvgIpc) is 2.61. The van der Waals surface area contributed by atoms with Crippen LogP contribution in [-0.4, -0.2) is 24.1 Å². The summed E-state index contributed by atoms with van der Waals surface area (Å²) in [5, 5.41) is 3.01. The van der Waals surface area contributed by atoms with Crippen LogP contribution in [0.2, 0.25) is 0 Å². The summed E-state index contributed by atoms with van der Waals surface area (Å²) < 4.78 is 6.14. The SMILES string of the molecule is CCC1(CN=C(N)Nc2ccccn2)OCCc2ccccc21.I. The summed E-state index contributed by atoms with van der Waals surface area (Å²) in [4.78, 5) is 8.69. The zero-order valence-electron chi connectivity index (χ0n) is 13.7. The molecule has 0 radical (unpaired) electrons. The molecule has 0 aliphatic carbocycles. The highest BCUT2D eigenvalue weighted by Gasteiger charge is 2.36. The van der Waals surface area contributed by atoms with E-state index in [0.29, 0.717) is 24.9 Å². The van der Waals surface area contributed by atoms with Crippen LogP contribution in [0.5, 0.6) is 0 Å². The van der Waals surface area contributed by atoms with E-state index >= 15 is 0 Å². The van der Waals surface area contributed by atoms with Crippen LogP contribution in [0.15, 0.2) is 53.7 Å². The molecular weight excluding hydrogens is 415 g/mol. The van der Waals surface area contributed by atoms with Crippen LogP contribution in [0.4, 0.5) is 5.82 Å². The Balaban J connectivity index is 0.00000208. The van der Waals surface area contributed by atoms with Crippen LogP contribution < -0.4 is 11.1 Å². The molecule has 1 aliphatic heterocycles. The molecule has 0 amide bonds. The van der Waals surface area contributed by atoms with E-state index in [9.17, 15) is 0 Å². The third-order valence-electron chi connectivity index (χ3n) is 4.25. The zero-order chi connectivity index (χ0) is 16.1. The third kappa shape index (κ3) is 4.05. The molecule has 1 aromatic heterocycles. The summed E-state index contributed by atoms with van der Waals surface area (Å²) in [5.74, 6) is 1.03. The van der Waals surface area contributed by atoms with E-state index in [4.69, 9.17) is 10.5 Å². The Kier molecular flexibility index (Phi) is 6.56. The van der Waals surface area contributed by atoms with Crippen LogP contribution in [0.1, 0.15) is 24.5 Å². The molecule has 128 valence electrons. The number of fused-ring (bicyclic) bond motifs is 1. The van der Waals surface area contributed by atoms with Crippen LogP contribution in [0.3, 0.4) is 0 Å². The lowest BCUT2D eigenvalue weighted by Crippen LogP contribution is -2.39. The first-order valence-corrected chi connectivity index (χ1v) is 7.94. The van der Waals surface area contributed by atoms with Crippen LogP contribution in [0, 0.1) is 0 Å². The molecule has 3 N–H and O–H groups in total. The normalized spacial score (nSPS) is 20.0. The van der Waals surface area contributed by atoms with Crippen LogP contribution in [-0.2, 0) is 16.8 Å². The first-order chi connectivity index (χ1) is 11.2. The number of benzene rings is 1. The topological polar surface area (TPSA) is 72.5 Å². The van der Waals surface area contributed by atoms with Gasteiger partial charge in [0.05, 0.1) is 13.2 Å². The van der Waals surface area contributed by atoms with Gasteiger partial charge in [-0.05, 0) is 36.1 Å². The second-order valence-corrected chi connectivity index (χ2v) is 5.64. The number of nitrogens with zero attached hydrogens (tertiary/aromatic N) is 2. The van der Waals surface area contributed by atoms with Crippen LogP contribution in [0.25, 0.3) is 0 Å². The summed E-state index contributed by atoms with van der Waals surface area (Å²) in [5.41, 5.74) is 8.17. The number of hydrogen-bond acceptors (Lipinski definition) is 3. The highest BCUT2D eigenvalue weighted by atomic mass is 127. The summed E-state index contributed by atoms with van der Waals surface area (Å²) in [7, 11) is 0. The monoisotopic (exact) mass is 438 g/mol. The number of aliphatic imine (C=N–C) groups is 1. The maximum absolute atomic E-state index is 6.14. The van der Waals surface area contributed by atoms with Gasteiger partial charge in [0, 0.05) is 6.20 Å². The Morgan fingerprint density at radius 3 is 2.83 bits per heavy atom. The molecule has 0 spiro atoms. The minimum atomic E-state index is -0.398. The van der Waals surface area contributed by atoms with Crippen molar-refractivity contribution in [1.82, 2.24) is 4.98 Å². The molecular formula is C18H23IN4O. The molecule has 2 aromatic rings. The Labute approximate surface area is 159 Å². The molecule has 1 unspecified atom stereocenters. The van der Waals surface area contributed by atoms with E-state index in [2.05, 4.69) is 46.5 Å². The molecule has 0 bridgehead atoms. The van der Waals surface area contributed by atoms with E-state index in [1.165, 1.54) is 11.1 Å². The maximum atomic E-state index is 6.14. The fourth-order valence-electron chi connectivity index (χ4n) is 2.97. The molecule has 2 heterocycles. The smallest absolute Gasteiger partial charge is 0.194 e. The molecule has 0 fully saturated rings. The number of rotatable bonds is 4. The molecule has 5 nitrogen and oxygen atoms in total. The summed E-state index contributed by atoms with van der Waals surface area (Å²) >= 11 is 0. The molecule has 3 rings (SSSR count). The number of aromatic nitrogens is 1. The van der Waals surface area contributed by atoms with Gasteiger partial charge in [-0.2, -0.15) is 0 Å². The van der Waals surface area contributed by atoms with E-state index < -0.39 is 5.60 Å². The average molecular weight is 438 g/mol. The Hall–Kier alpha value is -1.67. The van der Waals surface area contributed by atoms with Crippen molar-refractivity contribution < 1.29 is 4.74 Å². The lowest BCUT2D eigenvalue weighted by Gasteiger charge is -2.37. The molecule has 6 heteroatoms. The number of ether oxygens (including phenoxy) is 1. The Morgan fingerprint density at radius 1 is 1.29 bits per heavy atom. The first-order valence-electron chi connectivity index (χ1n) is 7.94. The molecule has 1 aliphatic rings. The van der Waals surface area contributed by atoms with Gasteiger partial charge in [-0.1, -0.05) is 37.3 Å². The van der Waals surface area contributed by atoms with E-state index in [1.807, 2.05) is 18.2 Å². The minimum absolute atomic E-state index is 0. The number of halogens is 1. The van der Waals surface area contributed by atoms with Gasteiger partial charge in [0.1, 0.15) is 11.4 Å². The van der Waals surface area contributed by atoms with Crippen molar-refractivity contribution in [3.8, 4) is 0 Å². The predicted molar refractivity (Wildman–Crippen MR) is 108 cm³/mol. The highest BCUT2D eigenvalue weighted by Crippen LogP contribution is 2.36. The predicted octanol–water partition coefficient (Wildman–Crippen LogP) is 3.30. The van der Waals surface area contributed by atoms with Gasteiger partial charge in [0.25, 0.3) is 0 Å². The van der Waals surface area contributed by atoms with Gasteiger partial charge in [-0.15, -0.1) is 24.0 Å². The van der Waals surface area contributed by atoms with Crippen LogP contribution >= 0.6 is 24.0 Å². The number of nitrogens with one attached hydrogen (secondary N) is 1. The van der Waals surface area contributed by atoms with Crippen molar-refractivity contribution in [3.63, 3.8) is 0 Å². The Bertz CT molecular complexity index is 692. The molecule has 1 aromatic carbocycles. The molecule has 0 saturated heterocycles. The largest absolute Gasteiger partial charge is 0.370 e. The number of guanidine groups is 1. The maximum Gasteiger partial charge on any atom is 0.194 e. The quantitative estimate of drug-likeness (QED) is 0.437. The van der Waals surface area contributed by atoms with Crippen molar-refractivity contribution in [2.45, 2.75) is 25.4 Å². The summed E-state index contributed by atoms with van der Waals surface area (Å²) in [6.07, 6.45) is 3.51.